The number of aliphatic carboxylic acids is 1. The Bertz CT molecular complexity index is 736. The van der Waals surface area contributed by atoms with Crippen LogP contribution in [0.15, 0.2) is 24.5 Å². The third kappa shape index (κ3) is 3.14. The highest BCUT2D eigenvalue weighted by Crippen LogP contribution is 2.50. The molecule has 3 rings (SSSR count). The Balaban J connectivity index is 2.09. The van der Waals surface area contributed by atoms with E-state index in [2.05, 4.69) is 10.3 Å². The highest BCUT2D eigenvalue weighted by molar-refractivity contribution is 6.09. The molecule has 7 nitrogen and oxygen atoms in total. The van der Waals surface area contributed by atoms with Gasteiger partial charge >= 0.3 is 5.97 Å². The lowest BCUT2D eigenvalue weighted by Crippen LogP contribution is -2.56. The Morgan fingerprint density at radius 3 is 2.52 bits per heavy atom. The quantitative estimate of drug-likeness (QED) is 0.709. The van der Waals surface area contributed by atoms with E-state index in [0.29, 0.717) is 13.0 Å². The molecule has 0 radical (unpaired) electrons. The number of hydrogen-bond donors (Lipinski definition) is 2. The number of carbonyl (C=O) groups excluding carboxylic acids is 2. The number of hydrogen-bond acceptors (Lipinski definition) is 5. The van der Waals surface area contributed by atoms with Crippen molar-refractivity contribution in [2.24, 2.45) is 17.8 Å². The topological polar surface area (TPSA) is 99.6 Å². The van der Waals surface area contributed by atoms with Crippen LogP contribution in [0.5, 0.6) is 0 Å². The van der Waals surface area contributed by atoms with E-state index in [-0.39, 0.29) is 24.2 Å². The van der Waals surface area contributed by atoms with Crippen LogP contribution in [0.25, 0.3) is 0 Å². The first kappa shape index (κ1) is 19.5. The maximum absolute atomic E-state index is 13.2. The number of likely N-dealkylation sites (tertiary alicyclic amines) is 1. The summed E-state index contributed by atoms with van der Waals surface area (Å²) in [4.78, 5) is 44.0. The lowest BCUT2D eigenvalue weighted by Gasteiger charge is -2.32. The summed E-state index contributed by atoms with van der Waals surface area (Å²) < 4.78 is 0. The Kier molecular flexibility index (Phi) is 5.33. The molecule has 146 valence electrons. The molecule has 2 aliphatic heterocycles. The van der Waals surface area contributed by atoms with Crippen molar-refractivity contribution in [2.75, 3.05) is 6.54 Å². The number of rotatable bonds is 7. The van der Waals surface area contributed by atoms with Gasteiger partial charge in [0.1, 0.15) is 5.54 Å². The zero-order valence-corrected chi connectivity index (χ0v) is 16.0. The normalized spacial score (nSPS) is 30.2. The third-order valence-corrected chi connectivity index (χ3v) is 5.66. The van der Waals surface area contributed by atoms with Crippen LogP contribution in [0.4, 0.5) is 0 Å². The van der Waals surface area contributed by atoms with E-state index in [9.17, 15) is 19.5 Å². The number of pyridine rings is 1. The molecule has 0 aromatic carbocycles. The number of imide groups is 1. The monoisotopic (exact) mass is 373 g/mol. The lowest BCUT2D eigenvalue weighted by molar-refractivity contribution is -0.152. The molecular formula is C20H27N3O4. The standard InChI is InChI=1S/C20H27N3O4/c1-4-5-10-23-17(24)14-15(18(23)25)20(19(26)27,11-12(2)3)22-16(14)13-6-8-21-9-7-13/h6-9,12,14-16,22H,4-5,10-11H2,1-3H3,(H,26,27). The smallest absolute Gasteiger partial charge is 0.324 e. The average molecular weight is 373 g/mol. The zero-order valence-electron chi connectivity index (χ0n) is 16.0. The van der Waals surface area contributed by atoms with Crippen molar-refractivity contribution < 1.29 is 19.5 Å². The second kappa shape index (κ2) is 7.38. The molecule has 1 aromatic rings. The third-order valence-electron chi connectivity index (χ3n) is 5.66. The predicted molar refractivity (Wildman–Crippen MR) is 98.5 cm³/mol. The fourth-order valence-corrected chi connectivity index (χ4v) is 4.57. The van der Waals surface area contributed by atoms with Crippen molar-refractivity contribution in [3.05, 3.63) is 30.1 Å². The van der Waals surface area contributed by atoms with Crippen LogP contribution >= 0.6 is 0 Å². The number of fused-ring (bicyclic) bond motifs is 1. The molecule has 2 amide bonds. The minimum Gasteiger partial charge on any atom is -0.480 e. The van der Waals surface area contributed by atoms with E-state index in [1.807, 2.05) is 20.8 Å². The zero-order chi connectivity index (χ0) is 19.8. The molecule has 0 saturated carbocycles. The van der Waals surface area contributed by atoms with Gasteiger partial charge in [-0.3, -0.25) is 29.6 Å². The molecule has 0 bridgehead atoms. The highest BCUT2D eigenvalue weighted by atomic mass is 16.4. The number of carbonyl (C=O) groups is 3. The van der Waals surface area contributed by atoms with E-state index >= 15 is 0 Å². The van der Waals surface area contributed by atoms with Gasteiger partial charge in [-0.2, -0.15) is 0 Å². The molecule has 27 heavy (non-hydrogen) atoms. The molecule has 7 heteroatoms. The number of amides is 2. The van der Waals surface area contributed by atoms with E-state index in [1.165, 1.54) is 4.90 Å². The maximum atomic E-state index is 13.2. The Hall–Kier alpha value is -2.28. The number of carboxylic acid groups (broad SMARTS) is 1. The number of nitrogens with zero attached hydrogens (tertiary/aromatic N) is 2. The molecule has 4 atom stereocenters. The molecular weight excluding hydrogens is 346 g/mol. The van der Waals surface area contributed by atoms with Gasteiger partial charge in [0.05, 0.1) is 11.8 Å². The molecule has 2 N–H and O–H groups in total. The lowest BCUT2D eigenvalue weighted by atomic mass is 9.75. The fourth-order valence-electron chi connectivity index (χ4n) is 4.57. The van der Waals surface area contributed by atoms with Gasteiger partial charge in [0.2, 0.25) is 11.8 Å². The molecule has 1 aromatic heterocycles. The summed E-state index contributed by atoms with van der Waals surface area (Å²) in [6.45, 7) is 6.20. The predicted octanol–water partition coefficient (Wildman–Crippen LogP) is 2.00. The minimum absolute atomic E-state index is 0.0537. The van der Waals surface area contributed by atoms with Gasteiger partial charge in [0.15, 0.2) is 0 Å². The highest BCUT2D eigenvalue weighted by Gasteiger charge is 2.68. The first-order chi connectivity index (χ1) is 12.8. The molecule has 0 spiro atoms. The number of nitrogens with one attached hydrogen (secondary N) is 1. The first-order valence-electron chi connectivity index (χ1n) is 9.59. The summed E-state index contributed by atoms with van der Waals surface area (Å²) in [5, 5.41) is 13.3. The summed E-state index contributed by atoms with van der Waals surface area (Å²) in [7, 11) is 0. The molecule has 2 aliphatic rings. The number of aromatic nitrogens is 1. The summed E-state index contributed by atoms with van der Waals surface area (Å²) in [6, 6.07) is 3.03. The van der Waals surface area contributed by atoms with Crippen LogP contribution in [-0.2, 0) is 14.4 Å². The second-order valence-corrected chi connectivity index (χ2v) is 7.96. The van der Waals surface area contributed by atoms with Gasteiger partial charge in [-0.05, 0) is 36.5 Å². The Morgan fingerprint density at radius 1 is 1.30 bits per heavy atom. The van der Waals surface area contributed by atoms with Gasteiger partial charge in [0, 0.05) is 25.0 Å². The SMILES string of the molecule is CCCCN1C(=O)C2C(c3ccncc3)NC(CC(C)C)(C(=O)O)C2C1=O. The van der Waals surface area contributed by atoms with Crippen molar-refractivity contribution in [3.63, 3.8) is 0 Å². The van der Waals surface area contributed by atoms with Gasteiger partial charge in [0.25, 0.3) is 0 Å². The van der Waals surface area contributed by atoms with Crippen molar-refractivity contribution in [3.8, 4) is 0 Å². The summed E-state index contributed by atoms with van der Waals surface area (Å²) in [5.41, 5.74) is -0.661. The minimum atomic E-state index is -1.44. The van der Waals surface area contributed by atoms with Crippen molar-refractivity contribution in [1.82, 2.24) is 15.2 Å². The average Bonchev–Trinajstić information content (AvgIpc) is 3.09. The first-order valence-corrected chi connectivity index (χ1v) is 9.59. The Labute approximate surface area is 159 Å². The largest absolute Gasteiger partial charge is 0.480 e. The van der Waals surface area contributed by atoms with Gasteiger partial charge in [-0.1, -0.05) is 27.2 Å². The molecule has 4 unspecified atom stereocenters. The second-order valence-electron chi connectivity index (χ2n) is 7.96. The van der Waals surface area contributed by atoms with Crippen LogP contribution in [-0.4, -0.2) is 44.9 Å². The maximum Gasteiger partial charge on any atom is 0.324 e. The van der Waals surface area contributed by atoms with Crippen molar-refractivity contribution in [1.29, 1.82) is 0 Å². The van der Waals surface area contributed by atoms with Crippen LogP contribution in [0.3, 0.4) is 0 Å². The van der Waals surface area contributed by atoms with Gasteiger partial charge < -0.3 is 5.11 Å². The van der Waals surface area contributed by atoms with E-state index < -0.39 is 29.4 Å². The number of carboxylic acids is 1. The van der Waals surface area contributed by atoms with Crippen LogP contribution in [0.2, 0.25) is 0 Å². The molecule has 3 heterocycles. The summed E-state index contributed by atoms with van der Waals surface area (Å²) in [5.74, 6) is -3.23. The van der Waals surface area contributed by atoms with Crippen LogP contribution < -0.4 is 5.32 Å². The van der Waals surface area contributed by atoms with Gasteiger partial charge in [-0.15, -0.1) is 0 Å². The Morgan fingerprint density at radius 2 is 1.96 bits per heavy atom. The molecule has 2 fully saturated rings. The van der Waals surface area contributed by atoms with Gasteiger partial charge in [-0.25, -0.2) is 0 Å². The van der Waals surface area contributed by atoms with Crippen molar-refractivity contribution in [2.45, 2.75) is 51.6 Å². The number of unbranched alkanes of at least 4 members (excludes halogenated alkanes) is 1. The van der Waals surface area contributed by atoms with E-state index in [4.69, 9.17) is 0 Å². The van der Waals surface area contributed by atoms with Crippen molar-refractivity contribution >= 4 is 17.8 Å². The molecule has 2 saturated heterocycles. The van der Waals surface area contributed by atoms with Crippen LogP contribution in [0, 0.1) is 17.8 Å². The van der Waals surface area contributed by atoms with E-state index in [1.54, 1.807) is 24.5 Å². The summed E-state index contributed by atoms with van der Waals surface area (Å²) >= 11 is 0. The van der Waals surface area contributed by atoms with Crippen LogP contribution in [0.1, 0.15) is 51.6 Å². The fraction of sp³-hybridized carbons (Fsp3) is 0.600. The summed E-state index contributed by atoms with van der Waals surface area (Å²) in [6.07, 6.45) is 5.09. The molecule has 0 aliphatic carbocycles. The van der Waals surface area contributed by atoms with E-state index in [0.717, 1.165) is 12.0 Å².